The Morgan fingerprint density at radius 1 is 0.742 bits per heavy atom. The maximum atomic E-state index is 14.2. The monoisotopic (exact) mass is 1260 g/mol. The third kappa shape index (κ3) is 23.7. The molecule has 0 bridgehead atoms. The largest absolute Gasteiger partial charge is 0.466 e. The number of imide groups is 1. The van der Waals surface area contributed by atoms with Crippen LogP contribution >= 0.6 is 11.8 Å². The lowest BCUT2D eigenvalue weighted by Gasteiger charge is -2.30. The van der Waals surface area contributed by atoms with E-state index in [0.29, 0.717) is 74.7 Å². The molecular formula is C58H93N19O11S. The first-order valence-electron chi connectivity index (χ1n) is 30.3. The lowest BCUT2D eigenvalue weighted by atomic mass is 9.96. The van der Waals surface area contributed by atoms with Gasteiger partial charge in [0.15, 0.2) is 22.9 Å². The Morgan fingerprint density at radius 3 is 1.96 bits per heavy atom. The summed E-state index contributed by atoms with van der Waals surface area (Å²) >= 11 is 0.947. The number of hydrogen-bond acceptors (Lipinski definition) is 20. The number of ether oxygens (including phenoxy) is 1. The molecule has 30 nitrogen and oxygen atoms in total. The van der Waals surface area contributed by atoms with Crippen molar-refractivity contribution in [1.82, 2.24) is 56.3 Å². The van der Waals surface area contributed by atoms with Crippen molar-refractivity contribution in [1.29, 1.82) is 0 Å². The van der Waals surface area contributed by atoms with Gasteiger partial charge in [-0.1, -0.05) is 70.9 Å². The van der Waals surface area contributed by atoms with Crippen LogP contribution in [0.15, 0.2) is 41.7 Å². The highest BCUT2D eigenvalue weighted by atomic mass is 32.2. The second-order valence-corrected chi connectivity index (χ2v) is 23.4. The lowest BCUT2D eigenvalue weighted by Crippen LogP contribution is -2.61. The molecule has 1 aromatic carbocycles. The van der Waals surface area contributed by atoms with Gasteiger partial charge in [0.05, 0.1) is 30.6 Å². The van der Waals surface area contributed by atoms with Crippen LogP contribution in [-0.2, 0) is 59.2 Å². The number of carbonyl (C=O) groups is 10. The fraction of sp³-hybridized carbons (Fsp3) is 0.621. The number of imidazole rings is 1. The van der Waals surface area contributed by atoms with Crippen molar-refractivity contribution in [3.05, 3.63) is 42.2 Å². The summed E-state index contributed by atoms with van der Waals surface area (Å²) in [6, 6.07) is 2.44. The lowest BCUT2D eigenvalue weighted by molar-refractivity contribution is -0.145. The summed E-state index contributed by atoms with van der Waals surface area (Å²) in [6.07, 6.45) is 3.05. The Labute approximate surface area is 523 Å². The highest BCUT2D eigenvalue weighted by Crippen LogP contribution is 2.27. The number of likely N-dealkylation sites (N-methyl/N-ethyl adjacent to an activating group) is 1. The van der Waals surface area contributed by atoms with Crippen molar-refractivity contribution < 1.29 is 52.7 Å². The van der Waals surface area contributed by atoms with Gasteiger partial charge in [-0.3, -0.25) is 57.8 Å². The van der Waals surface area contributed by atoms with Crippen LogP contribution in [0.2, 0.25) is 0 Å². The number of nitrogens with one attached hydrogen (secondary N) is 8. The zero-order valence-corrected chi connectivity index (χ0v) is 53.0. The molecule has 9 amide bonds. The van der Waals surface area contributed by atoms with Gasteiger partial charge in [-0.2, -0.15) is 9.97 Å². The van der Waals surface area contributed by atoms with E-state index in [1.807, 2.05) is 55.7 Å². The summed E-state index contributed by atoms with van der Waals surface area (Å²) in [4.78, 5) is 153. The van der Waals surface area contributed by atoms with E-state index in [-0.39, 0.29) is 88.3 Å². The van der Waals surface area contributed by atoms with Gasteiger partial charge in [0.2, 0.25) is 59.1 Å². The third-order valence-electron chi connectivity index (χ3n) is 15.0. The summed E-state index contributed by atoms with van der Waals surface area (Å²) in [6.45, 7) is 12.2. The molecule has 0 spiro atoms. The molecule has 9 atom stereocenters. The summed E-state index contributed by atoms with van der Waals surface area (Å²) < 4.78 is 7.36. The Balaban J connectivity index is 1.35. The number of fused-ring (bicyclic) bond motifs is 1. The van der Waals surface area contributed by atoms with E-state index in [1.54, 1.807) is 27.1 Å². The number of nitrogens with zero attached hydrogens (tertiary/aromatic N) is 6. The van der Waals surface area contributed by atoms with Crippen LogP contribution in [0, 0.1) is 11.8 Å². The number of esters is 1. The maximum Gasteiger partial charge on any atom is 0.307 e. The van der Waals surface area contributed by atoms with E-state index in [4.69, 9.17) is 38.4 Å². The number of thioether (sulfide) groups is 1. The van der Waals surface area contributed by atoms with E-state index in [1.165, 1.54) is 7.05 Å². The van der Waals surface area contributed by atoms with Gasteiger partial charge < -0.3 is 80.5 Å². The number of hydrogen-bond donors (Lipinski definition) is 13. The number of amides is 9. The molecule has 89 heavy (non-hydrogen) atoms. The van der Waals surface area contributed by atoms with Crippen LogP contribution < -0.4 is 71.2 Å². The highest BCUT2D eigenvalue weighted by molar-refractivity contribution is 8.00. The molecule has 9 unspecified atom stereocenters. The van der Waals surface area contributed by atoms with Gasteiger partial charge in [-0.05, 0) is 82.7 Å². The van der Waals surface area contributed by atoms with Gasteiger partial charge >= 0.3 is 5.97 Å². The smallest absolute Gasteiger partial charge is 0.307 e. The number of guanidine groups is 1. The zero-order valence-electron chi connectivity index (χ0n) is 52.1. The average molecular weight is 1260 g/mol. The average Bonchev–Trinajstić information content (AvgIpc) is 1.88. The van der Waals surface area contributed by atoms with Crippen LogP contribution in [0.1, 0.15) is 130 Å². The van der Waals surface area contributed by atoms with Crippen LogP contribution in [0.3, 0.4) is 0 Å². The normalized spacial score (nSPS) is 15.8. The first kappa shape index (κ1) is 73.3. The minimum atomic E-state index is -1.49. The van der Waals surface area contributed by atoms with E-state index >= 15 is 0 Å². The topological polar surface area (TPSA) is 465 Å². The Hall–Kier alpha value is -8.19. The van der Waals surface area contributed by atoms with Crippen molar-refractivity contribution in [2.45, 2.75) is 173 Å². The van der Waals surface area contributed by atoms with Crippen molar-refractivity contribution in [3.63, 3.8) is 0 Å². The van der Waals surface area contributed by atoms with Gasteiger partial charge in [-0.25, -0.2) is 4.98 Å². The highest BCUT2D eigenvalue weighted by Gasteiger charge is 2.40. The molecule has 1 saturated heterocycles. The van der Waals surface area contributed by atoms with E-state index < -0.39 is 107 Å². The fourth-order valence-electron chi connectivity index (χ4n) is 9.29. The minimum absolute atomic E-state index is 0.0324. The quantitative estimate of drug-likeness (QED) is 0.0114. The van der Waals surface area contributed by atoms with Crippen LogP contribution in [0.25, 0.3) is 11.2 Å². The number of primary amides is 1. The van der Waals surface area contributed by atoms with Gasteiger partial charge in [0, 0.05) is 57.9 Å². The van der Waals surface area contributed by atoms with Crippen LogP contribution in [0.4, 0.5) is 11.8 Å². The predicted octanol–water partition coefficient (Wildman–Crippen LogP) is -0.347. The van der Waals surface area contributed by atoms with Crippen molar-refractivity contribution >= 4 is 99.8 Å². The fourth-order valence-corrected chi connectivity index (χ4v) is 10.4. The third-order valence-corrected chi connectivity index (χ3v) is 16.3. The first-order chi connectivity index (χ1) is 42.4. The maximum absolute atomic E-state index is 14.2. The summed E-state index contributed by atoms with van der Waals surface area (Å²) in [5.41, 5.74) is 30.9. The molecule has 0 aliphatic carbocycles. The second-order valence-electron chi connectivity index (χ2n) is 22.2. The van der Waals surface area contributed by atoms with Gasteiger partial charge in [-0.15, -0.1) is 11.8 Å². The van der Waals surface area contributed by atoms with Crippen LogP contribution in [-0.4, -0.2) is 177 Å². The van der Waals surface area contributed by atoms with Crippen molar-refractivity contribution in [2.24, 2.45) is 45.5 Å². The van der Waals surface area contributed by atoms with Crippen molar-refractivity contribution in [3.8, 4) is 0 Å². The first-order valence-corrected chi connectivity index (χ1v) is 31.4. The van der Waals surface area contributed by atoms with E-state index in [2.05, 4.69) is 57.5 Å². The molecule has 2 aromatic heterocycles. The summed E-state index contributed by atoms with van der Waals surface area (Å²) in [7, 11) is 1.45. The van der Waals surface area contributed by atoms with Gasteiger partial charge in [0.25, 0.3) is 0 Å². The molecule has 18 N–H and O–H groups in total. The van der Waals surface area contributed by atoms with Crippen LogP contribution in [0.5, 0.6) is 0 Å². The zero-order chi connectivity index (χ0) is 65.7. The number of carbonyl (C=O) groups excluding carboxylic acids is 10. The number of anilines is 2. The number of likely N-dealkylation sites (tertiary alicyclic amines) is 1. The summed E-state index contributed by atoms with van der Waals surface area (Å²) in [5, 5.41) is 21.6. The van der Waals surface area contributed by atoms with Crippen molar-refractivity contribution in [2.75, 3.05) is 56.2 Å². The Kier molecular flexibility index (Phi) is 31.0. The molecule has 31 heteroatoms. The Morgan fingerprint density at radius 2 is 1.35 bits per heavy atom. The molecule has 4 rings (SSSR count). The molecule has 3 heterocycles. The molecule has 1 aliphatic rings. The molecule has 3 aromatic rings. The van der Waals surface area contributed by atoms with Gasteiger partial charge in [0.1, 0.15) is 30.2 Å². The number of rotatable bonds is 41. The SMILES string of the molecule is CCC(C)C(NC(=O)C(CCCCN)NC(=O)C(NC(=O)C(CCC(N)=O)NC(=O)C(CCCN=C(N)N)NC(=O)C(N)CSC1CC(=O)N(CCC(=O)OCCCNc2nc(NCc3ccccc3)c3ncn(C(C)C)c3n2)C1=O)C(C)CC)C(=O)NC. The number of aromatic nitrogens is 4. The number of unbranched alkanes of at least 4 members (excludes halogenated alkanes) is 1. The number of benzene rings is 1. The number of aliphatic imine (C=N–C) groups is 1. The predicted molar refractivity (Wildman–Crippen MR) is 338 cm³/mol. The van der Waals surface area contributed by atoms with E-state index in [0.717, 1.165) is 22.2 Å². The standard InChI is InChI=1S/C58H93N19O11S/c1-8-34(5)45(54(85)64-7)72-52(83)38(19-13-14-24-59)71-55(86)46(35(6)9-2)73-53(84)40(21-22-42(61)78)70-51(82)39(20-15-25-65-57(62)63)69-50(81)37(60)31-89-41-29-43(79)76(56(41)87)27-23-44(80)88-28-16-26-66-58-74-48(67-30-36-17-11-10-12-18-36)47-49(75-58)77(32-68-47)33(3)4/h10-12,17-18,32-35,37-41,45-46H,8-9,13-16,19-31,59-60H2,1-7H3,(H2,61,78)(H,64,85)(H,69,81)(H,70,82)(H,71,86)(H,72,83)(H,73,84)(H4,62,63,65)(H2,66,67,74,75). The molecular weight excluding hydrogens is 1170 g/mol. The molecule has 492 valence electrons. The number of nitrogens with two attached hydrogens (primary N) is 5. The molecule has 0 saturated carbocycles. The Bertz CT molecular complexity index is 2890. The molecule has 1 fully saturated rings. The second kappa shape index (κ2) is 37.6. The minimum Gasteiger partial charge on any atom is -0.466 e. The van der Waals surface area contributed by atoms with E-state index in [9.17, 15) is 47.9 Å². The molecule has 0 radical (unpaired) electrons. The molecule has 1 aliphatic heterocycles. The summed E-state index contributed by atoms with van der Waals surface area (Å²) in [5.74, 6) is -7.18.